The van der Waals surface area contributed by atoms with Gasteiger partial charge in [-0.2, -0.15) is 0 Å². The smallest absolute Gasteiger partial charge is 0.410 e. The number of likely N-dealkylation sites (tertiary alicyclic amines) is 1. The first-order valence-electron chi connectivity index (χ1n) is 14.1. The van der Waals surface area contributed by atoms with Gasteiger partial charge < -0.3 is 23.8 Å². The lowest BCUT2D eigenvalue weighted by molar-refractivity contribution is -0.0359. The van der Waals surface area contributed by atoms with Crippen molar-refractivity contribution in [2.45, 2.75) is 64.4 Å². The Morgan fingerprint density at radius 2 is 1.71 bits per heavy atom. The Morgan fingerprint density at radius 3 is 2.44 bits per heavy atom. The molecular formula is C33H39Cl2NO5. The van der Waals surface area contributed by atoms with E-state index >= 15 is 0 Å². The van der Waals surface area contributed by atoms with Gasteiger partial charge in [-0.3, -0.25) is 0 Å². The van der Waals surface area contributed by atoms with E-state index in [0.29, 0.717) is 43.0 Å². The Balaban J connectivity index is 1.34. The Morgan fingerprint density at radius 1 is 0.951 bits per heavy atom. The maximum Gasteiger partial charge on any atom is 0.410 e. The van der Waals surface area contributed by atoms with E-state index in [0.717, 1.165) is 29.7 Å². The molecule has 0 saturated carbocycles. The predicted octanol–water partition coefficient (Wildman–Crippen LogP) is 8.29. The topological polar surface area (TPSA) is 57.2 Å². The molecule has 6 nitrogen and oxygen atoms in total. The second-order valence-electron chi connectivity index (χ2n) is 11.2. The summed E-state index contributed by atoms with van der Waals surface area (Å²) in [7, 11) is 0. The summed E-state index contributed by atoms with van der Waals surface area (Å²) >= 11 is 12.6. The number of rotatable bonds is 11. The van der Waals surface area contributed by atoms with Crippen molar-refractivity contribution in [3.05, 3.63) is 99.5 Å². The van der Waals surface area contributed by atoms with Crippen LogP contribution in [0.1, 0.15) is 56.2 Å². The maximum absolute atomic E-state index is 12.8. The quantitative estimate of drug-likeness (QED) is 0.207. The van der Waals surface area contributed by atoms with E-state index in [-0.39, 0.29) is 24.7 Å². The third-order valence-electron chi connectivity index (χ3n) is 6.79. The van der Waals surface area contributed by atoms with Gasteiger partial charge in [0.2, 0.25) is 0 Å². The zero-order valence-corrected chi connectivity index (χ0v) is 25.5. The van der Waals surface area contributed by atoms with Gasteiger partial charge in [0.25, 0.3) is 0 Å². The molecule has 0 N–H and O–H groups in total. The molecule has 0 aliphatic carbocycles. The molecule has 1 fully saturated rings. The van der Waals surface area contributed by atoms with Crippen LogP contribution >= 0.6 is 23.2 Å². The van der Waals surface area contributed by atoms with Gasteiger partial charge in [-0.05, 0) is 74.2 Å². The summed E-state index contributed by atoms with van der Waals surface area (Å²) in [5, 5.41) is 1.19. The first-order chi connectivity index (χ1) is 19.7. The fraction of sp³-hybridized carbons (Fsp3) is 0.424. The van der Waals surface area contributed by atoms with E-state index in [1.165, 1.54) is 5.56 Å². The van der Waals surface area contributed by atoms with E-state index in [1.807, 2.05) is 57.2 Å². The van der Waals surface area contributed by atoms with E-state index in [9.17, 15) is 4.79 Å². The summed E-state index contributed by atoms with van der Waals surface area (Å²) in [5.74, 6) is 0.901. The van der Waals surface area contributed by atoms with Crippen molar-refractivity contribution in [3.63, 3.8) is 0 Å². The highest BCUT2D eigenvalue weighted by Gasteiger charge is 2.35. The first kappa shape index (κ1) is 31.2. The minimum atomic E-state index is -0.567. The number of hydrogen-bond donors (Lipinski definition) is 0. The molecule has 1 amide bonds. The summed E-state index contributed by atoms with van der Waals surface area (Å²) in [5.41, 5.74) is 2.54. The van der Waals surface area contributed by atoms with Crippen molar-refractivity contribution in [2.75, 3.05) is 26.3 Å². The zero-order valence-electron chi connectivity index (χ0n) is 24.0. The highest BCUT2D eigenvalue weighted by atomic mass is 35.5. The van der Waals surface area contributed by atoms with Gasteiger partial charge in [0.05, 0.1) is 39.1 Å². The molecule has 1 aliphatic heterocycles. The van der Waals surface area contributed by atoms with Crippen LogP contribution < -0.4 is 4.74 Å². The fourth-order valence-electron chi connectivity index (χ4n) is 4.74. The molecule has 1 aliphatic rings. The standard InChI is InChI=1S/C33H39Cl2NO5/c1-33(2,3)41-32(37)36-17-16-29(31(21-36)40-23-26-20-27(34)12-15-30(26)35)25-10-13-28(14-11-25)39-19-7-18-38-22-24-8-5-4-6-9-24/h4-6,8-15,20,29,31H,7,16-19,21-23H2,1-3H3. The fourth-order valence-corrected chi connectivity index (χ4v) is 5.10. The van der Waals surface area contributed by atoms with Gasteiger partial charge in [-0.25, -0.2) is 4.79 Å². The normalized spacial score (nSPS) is 17.3. The van der Waals surface area contributed by atoms with Crippen LogP contribution in [-0.2, 0) is 27.4 Å². The van der Waals surface area contributed by atoms with Crippen LogP contribution in [-0.4, -0.2) is 49.0 Å². The molecule has 4 rings (SSSR count). The molecule has 3 aromatic rings. The number of hydrogen-bond acceptors (Lipinski definition) is 5. The summed E-state index contributed by atoms with van der Waals surface area (Å²) < 4.78 is 23.7. The molecule has 2 unspecified atom stereocenters. The van der Waals surface area contributed by atoms with Gasteiger partial charge >= 0.3 is 6.09 Å². The molecule has 0 spiro atoms. The third-order valence-corrected chi connectivity index (χ3v) is 7.40. The molecular weight excluding hydrogens is 561 g/mol. The lowest BCUT2D eigenvalue weighted by Crippen LogP contribution is -2.48. The Labute approximate surface area is 253 Å². The molecule has 1 saturated heterocycles. The van der Waals surface area contributed by atoms with Crippen molar-refractivity contribution < 1.29 is 23.7 Å². The van der Waals surface area contributed by atoms with Crippen LogP contribution in [0, 0.1) is 0 Å². The Bertz CT molecular complexity index is 1250. The molecule has 0 bridgehead atoms. The van der Waals surface area contributed by atoms with Crippen molar-refractivity contribution in [3.8, 4) is 5.75 Å². The van der Waals surface area contributed by atoms with Crippen LogP contribution in [0.25, 0.3) is 0 Å². The summed E-state index contributed by atoms with van der Waals surface area (Å²) in [6.07, 6.45) is 0.966. The number of ether oxygens (including phenoxy) is 4. The first-order valence-corrected chi connectivity index (χ1v) is 14.8. The van der Waals surface area contributed by atoms with Gasteiger partial charge in [-0.1, -0.05) is 65.7 Å². The number of amides is 1. The number of benzene rings is 3. The number of carbonyl (C=O) groups excluding carboxylic acids is 1. The van der Waals surface area contributed by atoms with E-state index in [4.69, 9.17) is 42.1 Å². The second kappa shape index (κ2) is 14.9. The summed E-state index contributed by atoms with van der Waals surface area (Å²) in [6, 6.07) is 23.6. The molecule has 0 aromatic heterocycles. The van der Waals surface area contributed by atoms with E-state index in [2.05, 4.69) is 24.3 Å². The molecule has 0 radical (unpaired) electrons. The van der Waals surface area contributed by atoms with Gasteiger partial charge in [0, 0.05) is 28.9 Å². The van der Waals surface area contributed by atoms with Gasteiger partial charge in [-0.15, -0.1) is 0 Å². The predicted molar refractivity (Wildman–Crippen MR) is 163 cm³/mol. The van der Waals surface area contributed by atoms with E-state index < -0.39 is 5.60 Å². The van der Waals surface area contributed by atoms with Gasteiger partial charge in [0.15, 0.2) is 0 Å². The Kier molecular flexibility index (Phi) is 11.3. The Hall–Kier alpha value is -2.77. The van der Waals surface area contributed by atoms with E-state index in [1.54, 1.807) is 17.0 Å². The van der Waals surface area contributed by atoms with Crippen LogP contribution in [0.3, 0.4) is 0 Å². The number of halogens is 2. The number of carbonyl (C=O) groups is 1. The minimum absolute atomic E-state index is 0.0899. The lowest BCUT2D eigenvalue weighted by atomic mass is 9.87. The zero-order chi connectivity index (χ0) is 29.2. The van der Waals surface area contributed by atoms with Crippen LogP contribution in [0.15, 0.2) is 72.8 Å². The number of piperidine rings is 1. The molecule has 41 heavy (non-hydrogen) atoms. The van der Waals surface area contributed by atoms with Crippen LogP contribution in [0.4, 0.5) is 4.79 Å². The molecule has 1 heterocycles. The highest BCUT2D eigenvalue weighted by Crippen LogP contribution is 2.33. The minimum Gasteiger partial charge on any atom is -0.494 e. The summed E-state index contributed by atoms with van der Waals surface area (Å²) in [6.45, 7) is 8.72. The molecule has 3 aromatic carbocycles. The molecule has 2 atom stereocenters. The van der Waals surface area contributed by atoms with Crippen molar-refractivity contribution in [1.82, 2.24) is 4.90 Å². The van der Waals surface area contributed by atoms with Crippen molar-refractivity contribution >= 4 is 29.3 Å². The maximum atomic E-state index is 12.8. The van der Waals surface area contributed by atoms with Crippen molar-refractivity contribution in [2.24, 2.45) is 0 Å². The van der Waals surface area contributed by atoms with Crippen molar-refractivity contribution in [1.29, 1.82) is 0 Å². The van der Waals surface area contributed by atoms with Crippen LogP contribution in [0.2, 0.25) is 10.0 Å². The SMILES string of the molecule is CC(C)(C)OC(=O)N1CCC(c2ccc(OCCCOCc3ccccc3)cc2)C(OCc2cc(Cl)ccc2Cl)C1. The average Bonchev–Trinajstić information content (AvgIpc) is 2.95. The highest BCUT2D eigenvalue weighted by molar-refractivity contribution is 6.33. The van der Waals surface area contributed by atoms with Crippen LogP contribution in [0.5, 0.6) is 5.75 Å². The largest absolute Gasteiger partial charge is 0.494 e. The molecule has 220 valence electrons. The monoisotopic (exact) mass is 599 g/mol. The lowest BCUT2D eigenvalue weighted by Gasteiger charge is -2.39. The second-order valence-corrected chi connectivity index (χ2v) is 12.1. The summed E-state index contributed by atoms with van der Waals surface area (Å²) in [4.78, 5) is 14.6. The average molecular weight is 601 g/mol. The third kappa shape index (κ3) is 9.93. The molecule has 8 heteroatoms. The number of nitrogens with zero attached hydrogens (tertiary/aromatic N) is 1. The van der Waals surface area contributed by atoms with Gasteiger partial charge in [0.1, 0.15) is 11.4 Å².